The maximum absolute atomic E-state index is 13.7. The molecule has 3 N–H and O–H groups in total. The van der Waals surface area contributed by atoms with Crippen molar-refractivity contribution in [1.82, 2.24) is 21.1 Å². The first-order valence-electron chi connectivity index (χ1n) is 9.97. The summed E-state index contributed by atoms with van der Waals surface area (Å²) < 4.78 is 13.7. The smallest absolute Gasteiger partial charge is 0.251 e. The summed E-state index contributed by atoms with van der Waals surface area (Å²) in [6.45, 7) is 3.54. The molecule has 2 aromatic rings. The van der Waals surface area contributed by atoms with Crippen LogP contribution in [0.2, 0.25) is 0 Å². The van der Waals surface area contributed by atoms with Crippen LogP contribution in [0.5, 0.6) is 0 Å². The predicted octanol–water partition coefficient (Wildman–Crippen LogP) is 2.89. The van der Waals surface area contributed by atoms with Crippen molar-refractivity contribution in [2.24, 2.45) is 0 Å². The molecule has 0 aliphatic carbocycles. The van der Waals surface area contributed by atoms with Gasteiger partial charge in [0.1, 0.15) is 5.82 Å². The Labute approximate surface area is 165 Å². The highest BCUT2D eigenvalue weighted by molar-refractivity contribution is 5.94. The fourth-order valence-corrected chi connectivity index (χ4v) is 4.04. The minimum Gasteiger partial charge on any atom is -0.349 e. The van der Waals surface area contributed by atoms with E-state index < -0.39 is 0 Å². The summed E-state index contributed by atoms with van der Waals surface area (Å²) in [6.07, 6.45) is 3.11. The van der Waals surface area contributed by atoms with Crippen molar-refractivity contribution in [3.8, 4) is 0 Å². The van der Waals surface area contributed by atoms with Crippen molar-refractivity contribution in [2.45, 2.75) is 44.4 Å². The fourth-order valence-electron chi connectivity index (χ4n) is 4.04. The zero-order valence-corrected chi connectivity index (χ0v) is 16.1. The number of hydrogen-bond acceptors (Lipinski definition) is 4. The number of likely N-dealkylation sites (tertiary alicyclic amines) is 1. The highest BCUT2D eigenvalue weighted by Gasteiger charge is 2.32. The van der Waals surface area contributed by atoms with Gasteiger partial charge in [-0.25, -0.2) is 15.2 Å². The molecule has 2 aliphatic rings. The van der Waals surface area contributed by atoms with E-state index in [1.807, 2.05) is 6.07 Å². The number of rotatable bonds is 4. The number of nitrogens with one attached hydrogen (secondary N) is 3. The minimum atomic E-state index is -0.338. The predicted molar refractivity (Wildman–Crippen MR) is 107 cm³/mol. The normalized spacial score (nSPS) is 23.6. The molecule has 0 saturated carbocycles. The Hall–Kier alpha value is -2.28. The molecule has 2 unspecified atom stereocenters. The van der Waals surface area contributed by atoms with Crippen molar-refractivity contribution >= 4 is 5.91 Å². The summed E-state index contributed by atoms with van der Waals surface area (Å²) in [5.74, 6) is -0.530. The fraction of sp³-hybridized carbons (Fsp3) is 0.409. The standard InChI is InChI=1S/C22H27FN4O/c1-15-7-8-17(13-19(15)23)22(28)24-18-9-11-27(12-10-18)21-14-20(25-26-21)16-5-3-2-4-6-16/h2-8,13,18,20-21,25-26H,9-12,14H2,1H3,(H,24,28). The van der Waals surface area contributed by atoms with E-state index in [0.717, 1.165) is 32.4 Å². The van der Waals surface area contributed by atoms with E-state index in [1.54, 1.807) is 19.1 Å². The summed E-state index contributed by atoms with van der Waals surface area (Å²) >= 11 is 0. The van der Waals surface area contributed by atoms with Crippen LogP contribution < -0.4 is 16.2 Å². The van der Waals surface area contributed by atoms with Gasteiger partial charge in [0.2, 0.25) is 0 Å². The number of carbonyl (C=O) groups is 1. The third kappa shape index (κ3) is 4.24. The average molecular weight is 382 g/mol. The SMILES string of the molecule is Cc1ccc(C(=O)NC2CCN(C3CC(c4ccccc4)NN3)CC2)cc1F. The monoisotopic (exact) mass is 382 g/mol. The van der Waals surface area contributed by atoms with Crippen molar-refractivity contribution in [3.63, 3.8) is 0 Å². The molecular weight excluding hydrogens is 355 g/mol. The molecule has 2 heterocycles. The van der Waals surface area contributed by atoms with Gasteiger partial charge in [-0.3, -0.25) is 9.69 Å². The first-order valence-corrected chi connectivity index (χ1v) is 9.97. The van der Waals surface area contributed by atoms with E-state index >= 15 is 0 Å². The lowest BCUT2D eigenvalue weighted by molar-refractivity contribution is 0.0879. The molecule has 0 aromatic heterocycles. The number of halogens is 1. The zero-order chi connectivity index (χ0) is 19.5. The zero-order valence-electron chi connectivity index (χ0n) is 16.1. The lowest BCUT2D eigenvalue weighted by Crippen LogP contribution is -2.51. The van der Waals surface area contributed by atoms with E-state index in [4.69, 9.17) is 0 Å². The molecule has 28 heavy (non-hydrogen) atoms. The average Bonchev–Trinajstić information content (AvgIpc) is 3.21. The summed E-state index contributed by atoms with van der Waals surface area (Å²) in [7, 11) is 0. The molecule has 0 spiro atoms. The van der Waals surface area contributed by atoms with E-state index in [1.165, 1.54) is 11.6 Å². The second-order valence-electron chi connectivity index (χ2n) is 7.75. The molecule has 0 radical (unpaired) electrons. The van der Waals surface area contributed by atoms with Crippen LogP contribution in [0.4, 0.5) is 4.39 Å². The van der Waals surface area contributed by atoms with Gasteiger partial charge < -0.3 is 5.32 Å². The number of hydrogen-bond donors (Lipinski definition) is 3. The van der Waals surface area contributed by atoms with Crippen molar-refractivity contribution in [3.05, 3.63) is 71.0 Å². The lowest BCUT2D eigenvalue weighted by atomic mass is 10.0. The van der Waals surface area contributed by atoms with Crippen molar-refractivity contribution in [1.29, 1.82) is 0 Å². The maximum atomic E-state index is 13.7. The quantitative estimate of drug-likeness (QED) is 0.761. The van der Waals surface area contributed by atoms with E-state index in [0.29, 0.717) is 23.3 Å². The Kier molecular flexibility index (Phi) is 5.71. The molecule has 2 aliphatic heterocycles. The Morgan fingerprint density at radius 1 is 1.11 bits per heavy atom. The van der Waals surface area contributed by atoms with Crippen LogP contribution >= 0.6 is 0 Å². The van der Waals surface area contributed by atoms with Gasteiger partial charge in [-0.1, -0.05) is 36.4 Å². The van der Waals surface area contributed by atoms with Gasteiger partial charge in [-0.05, 0) is 49.4 Å². The van der Waals surface area contributed by atoms with E-state index in [2.05, 4.69) is 45.3 Å². The van der Waals surface area contributed by atoms with Crippen molar-refractivity contribution < 1.29 is 9.18 Å². The molecule has 4 rings (SSSR count). The highest BCUT2D eigenvalue weighted by atomic mass is 19.1. The Morgan fingerprint density at radius 2 is 1.86 bits per heavy atom. The Morgan fingerprint density at radius 3 is 2.57 bits per heavy atom. The van der Waals surface area contributed by atoms with Gasteiger partial charge in [-0.15, -0.1) is 0 Å². The number of aryl methyl sites for hydroxylation is 1. The molecule has 2 atom stereocenters. The summed E-state index contributed by atoms with van der Waals surface area (Å²) in [4.78, 5) is 14.8. The summed E-state index contributed by atoms with van der Waals surface area (Å²) in [5, 5.41) is 3.06. The third-order valence-corrected chi connectivity index (χ3v) is 5.82. The molecule has 148 valence electrons. The van der Waals surface area contributed by atoms with Crippen LogP contribution in [-0.2, 0) is 0 Å². The highest BCUT2D eigenvalue weighted by Crippen LogP contribution is 2.25. The summed E-state index contributed by atoms with van der Waals surface area (Å²) in [5.41, 5.74) is 9.05. The number of benzene rings is 2. The second-order valence-corrected chi connectivity index (χ2v) is 7.75. The van der Waals surface area contributed by atoms with E-state index in [9.17, 15) is 9.18 Å². The molecule has 2 saturated heterocycles. The lowest BCUT2D eigenvalue weighted by Gasteiger charge is -2.35. The number of piperidine rings is 1. The molecule has 5 nitrogen and oxygen atoms in total. The maximum Gasteiger partial charge on any atom is 0.251 e. The molecule has 0 bridgehead atoms. The van der Waals surface area contributed by atoms with Crippen LogP contribution in [0, 0.1) is 12.7 Å². The molecule has 6 heteroatoms. The number of hydrazine groups is 1. The van der Waals surface area contributed by atoms with Crippen LogP contribution in [0.25, 0.3) is 0 Å². The minimum absolute atomic E-state index is 0.132. The first kappa shape index (κ1) is 19.1. The van der Waals surface area contributed by atoms with Gasteiger partial charge >= 0.3 is 0 Å². The molecule has 2 aromatic carbocycles. The first-order chi connectivity index (χ1) is 13.6. The molecular formula is C22H27FN4O. The van der Waals surface area contributed by atoms with E-state index in [-0.39, 0.29) is 17.8 Å². The van der Waals surface area contributed by atoms with Crippen LogP contribution in [-0.4, -0.2) is 36.1 Å². The number of amides is 1. The number of nitrogens with zero attached hydrogens (tertiary/aromatic N) is 1. The van der Waals surface area contributed by atoms with Crippen LogP contribution in [0.1, 0.15) is 46.8 Å². The van der Waals surface area contributed by atoms with Gasteiger partial charge in [0.05, 0.1) is 6.17 Å². The topological polar surface area (TPSA) is 56.4 Å². The Bertz CT molecular complexity index is 821. The number of carbonyl (C=O) groups excluding carboxylic acids is 1. The van der Waals surface area contributed by atoms with Gasteiger partial charge in [0, 0.05) is 30.7 Å². The Balaban J connectivity index is 1.27. The van der Waals surface area contributed by atoms with Crippen LogP contribution in [0.3, 0.4) is 0 Å². The van der Waals surface area contributed by atoms with Gasteiger partial charge in [0.25, 0.3) is 5.91 Å². The van der Waals surface area contributed by atoms with Crippen LogP contribution in [0.15, 0.2) is 48.5 Å². The third-order valence-electron chi connectivity index (χ3n) is 5.82. The van der Waals surface area contributed by atoms with Gasteiger partial charge in [-0.2, -0.15) is 0 Å². The second kappa shape index (κ2) is 8.39. The largest absolute Gasteiger partial charge is 0.349 e. The summed E-state index contributed by atoms with van der Waals surface area (Å²) in [6, 6.07) is 15.6. The molecule has 1 amide bonds. The van der Waals surface area contributed by atoms with Gasteiger partial charge in [0.15, 0.2) is 0 Å². The van der Waals surface area contributed by atoms with Crippen molar-refractivity contribution in [2.75, 3.05) is 13.1 Å². The molecule has 2 fully saturated rings.